The first-order valence-corrected chi connectivity index (χ1v) is 8.65. The van der Waals surface area contributed by atoms with Crippen LogP contribution in [0.1, 0.15) is 33.1 Å². The van der Waals surface area contributed by atoms with Crippen LogP contribution in [0.5, 0.6) is 0 Å². The lowest BCUT2D eigenvalue weighted by Crippen LogP contribution is -2.37. The smallest absolute Gasteiger partial charge is 0.166 e. The van der Waals surface area contributed by atoms with E-state index in [4.69, 9.17) is 0 Å². The van der Waals surface area contributed by atoms with Gasteiger partial charge in [-0.2, -0.15) is 0 Å². The molecule has 0 radical (unpaired) electrons. The average Bonchev–Trinajstić information content (AvgIpc) is 2.83. The summed E-state index contributed by atoms with van der Waals surface area (Å²) in [5.41, 5.74) is 1.11. The summed E-state index contributed by atoms with van der Waals surface area (Å²) in [4.78, 5) is 4.66. The van der Waals surface area contributed by atoms with Gasteiger partial charge in [0.1, 0.15) is 0 Å². The summed E-state index contributed by atoms with van der Waals surface area (Å²) in [6.07, 6.45) is 4.03. The largest absolute Gasteiger partial charge is 0.255 e. The quantitative estimate of drug-likeness (QED) is 0.829. The number of aromatic nitrogens is 1. The van der Waals surface area contributed by atoms with Crippen LogP contribution in [0.4, 0.5) is 0 Å². The fourth-order valence-corrected chi connectivity index (χ4v) is 4.78. The minimum atomic E-state index is 0.626. The van der Waals surface area contributed by atoms with E-state index in [-0.39, 0.29) is 0 Å². The van der Waals surface area contributed by atoms with Crippen LogP contribution >= 0.6 is 23.3 Å². The first-order valence-electron chi connectivity index (χ1n) is 7.02. The second-order valence-corrected chi connectivity index (χ2v) is 7.66. The maximum Gasteiger partial charge on any atom is 0.166 e. The highest BCUT2D eigenvalue weighted by atomic mass is 32.2. The number of fused-ring (bicyclic) bond motifs is 1. The number of para-hydroxylation sites is 1. The van der Waals surface area contributed by atoms with E-state index in [1.54, 1.807) is 23.3 Å². The van der Waals surface area contributed by atoms with Crippen molar-refractivity contribution in [1.29, 1.82) is 0 Å². The molecule has 3 unspecified atom stereocenters. The van der Waals surface area contributed by atoms with Crippen molar-refractivity contribution in [2.45, 2.75) is 43.5 Å². The predicted molar refractivity (Wildman–Crippen MR) is 84.6 cm³/mol. The molecule has 0 spiro atoms. The van der Waals surface area contributed by atoms with Crippen LogP contribution in [0.3, 0.4) is 0 Å². The van der Waals surface area contributed by atoms with Crippen LogP contribution in [-0.2, 0) is 0 Å². The van der Waals surface area contributed by atoms with E-state index in [1.165, 1.54) is 24.0 Å². The number of nitrogens with zero attached hydrogens (tertiary/aromatic N) is 1. The van der Waals surface area contributed by atoms with Crippen molar-refractivity contribution in [2.24, 2.45) is 11.8 Å². The van der Waals surface area contributed by atoms with Gasteiger partial charge in [-0.15, -0.1) is 11.3 Å². The van der Waals surface area contributed by atoms with Crippen molar-refractivity contribution in [3.8, 4) is 0 Å². The molecule has 1 saturated carbocycles. The number of hydrogen-bond acceptors (Lipinski definition) is 4. The van der Waals surface area contributed by atoms with E-state index in [1.807, 2.05) is 0 Å². The summed E-state index contributed by atoms with van der Waals surface area (Å²) in [6, 6.07) is 8.98. The maximum atomic E-state index is 4.66. The molecule has 3 rings (SSSR count). The molecule has 1 N–H and O–H groups in total. The van der Waals surface area contributed by atoms with E-state index < -0.39 is 0 Å². The Bertz CT molecular complexity index is 519. The first-order chi connectivity index (χ1) is 9.24. The van der Waals surface area contributed by atoms with Gasteiger partial charge in [-0.1, -0.05) is 38.8 Å². The molecule has 1 aliphatic rings. The first kappa shape index (κ1) is 13.4. The lowest BCUT2D eigenvalue weighted by molar-refractivity contribution is 0.230. The van der Waals surface area contributed by atoms with Gasteiger partial charge < -0.3 is 0 Å². The highest BCUT2D eigenvalue weighted by molar-refractivity contribution is 7.99. The van der Waals surface area contributed by atoms with Crippen LogP contribution in [0.2, 0.25) is 0 Å². The molecule has 0 amide bonds. The van der Waals surface area contributed by atoms with Crippen molar-refractivity contribution >= 4 is 33.5 Å². The summed E-state index contributed by atoms with van der Waals surface area (Å²) in [5, 5.41) is 0. The molecule has 2 nitrogen and oxygen atoms in total. The fourth-order valence-electron chi connectivity index (χ4n) is 2.77. The van der Waals surface area contributed by atoms with Gasteiger partial charge in [0, 0.05) is 6.04 Å². The summed E-state index contributed by atoms with van der Waals surface area (Å²) in [5.74, 6) is 1.60. The molecule has 0 aliphatic heterocycles. The van der Waals surface area contributed by atoms with Gasteiger partial charge in [-0.05, 0) is 42.3 Å². The molecule has 19 heavy (non-hydrogen) atoms. The molecule has 1 aliphatic carbocycles. The van der Waals surface area contributed by atoms with E-state index in [9.17, 15) is 0 Å². The van der Waals surface area contributed by atoms with Crippen LogP contribution in [0.25, 0.3) is 10.2 Å². The Balaban J connectivity index is 1.65. The number of rotatable bonds is 3. The third-order valence-corrected chi connectivity index (χ3v) is 6.30. The second kappa shape index (κ2) is 5.81. The van der Waals surface area contributed by atoms with Crippen LogP contribution in [0, 0.1) is 11.8 Å². The Kier molecular flexibility index (Phi) is 4.10. The molecular weight excluding hydrogens is 272 g/mol. The number of thiazole rings is 1. The molecule has 2 aromatic rings. The van der Waals surface area contributed by atoms with Gasteiger partial charge in [-0.25, -0.2) is 4.98 Å². The fraction of sp³-hybridized carbons (Fsp3) is 0.533. The van der Waals surface area contributed by atoms with Crippen molar-refractivity contribution in [3.05, 3.63) is 24.3 Å². The van der Waals surface area contributed by atoms with Crippen molar-refractivity contribution in [2.75, 3.05) is 0 Å². The van der Waals surface area contributed by atoms with Gasteiger partial charge in [-0.3, -0.25) is 4.72 Å². The third-order valence-electron chi connectivity index (χ3n) is 4.28. The van der Waals surface area contributed by atoms with E-state index in [0.717, 1.165) is 21.7 Å². The molecule has 1 aromatic carbocycles. The van der Waals surface area contributed by atoms with Crippen LogP contribution in [-0.4, -0.2) is 11.0 Å². The molecule has 3 atom stereocenters. The SMILES string of the molecule is CC1CCCC(NSc2nc3ccccc3s2)C1C. The monoisotopic (exact) mass is 292 g/mol. The Morgan fingerprint density at radius 1 is 1.26 bits per heavy atom. The predicted octanol–water partition coefficient (Wildman–Crippen LogP) is 4.72. The highest BCUT2D eigenvalue weighted by Gasteiger charge is 2.27. The lowest BCUT2D eigenvalue weighted by atomic mass is 9.78. The normalized spacial score (nSPS) is 27.8. The Morgan fingerprint density at radius 2 is 2.11 bits per heavy atom. The van der Waals surface area contributed by atoms with E-state index >= 15 is 0 Å². The molecule has 4 heteroatoms. The molecule has 1 fully saturated rings. The van der Waals surface area contributed by atoms with E-state index in [0.29, 0.717) is 6.04 Å². The van der Waals surface area contributed by atoms with Gasteiger partial charge in [0.15, 0.2) is 4.34 Å². The average molecular weight is 292 g/mol. The summed E-state index contributed by atoms with van der Waals surface area (Å²) in [6.45, 7) is 4.75. The lowest BCUT2D eigenvalue weighted by Gasteiger charge is -2.34. The molecule has 0 bridgehead atoms. The van der Waals surface area contributed by atoms with Gasteiger partial charge >= 0.3 is 0 Å². The van der Waals surface area contributed by atoms with Crippen molar-refractivity contribution in [1.82, 2.24) is 9.71 Å². The van der Waals surface area contributed by atoms with Gasteiger partial charge in [0.05, 0.1) is 10.2 Å². The van der Waals surface area contributed by atoms with Crippen LogP contribution < -0.4 is 4.72 Å². The molecule has 1 aromatic heterocycles. The minimum absolute atomic E-state index is 0.626. The third kappa shape index (κ3) is 2.96. The van der Waals surface area contributed by atoms with E-state index in [2.05, 4.69) is 47.8 Å². The number of benzene rings is 1. The molecule has 102 valence electrons. The number of nitrogens with one attached hydrogen (secondary N) is 1. The molecular formula is C15H20N2S2. The molecule has 1 heterocycles. The Labute approximate surface area is 123 Å². The van der Waals surface area contributed by atoms with Crippen molar-refractivity contribution < 1.29 is 0 Å². The summed E-state index contributed by atoms with van der Waals surface area (Å²) in [7, 11) is 0. The maximum absolute atomic E-state index is 4.66. The van der Waals surface area contributed by atoms with Gasteiger partial charge in [0.25, 0.3) is 0 Å². The molecule has 0 saturated heterocycles. The Hall–Kier alpha value is -0.580. The van der Waals surface area contributed by atoms with Crippen molar-refractivity contribution in [3.63, 3.8) is 0 Å². The zero-order valence-electron chi connectivity index (χ0n) is 11.4. The second-order valence-electron chi connectivity index (χ2n) is 5.54. The Morgan fingerprint density at radius 3 is 2.95 bits per heavy atom. The summed E-state index contributed by atoms with van der Waals surface area (Å²) < 4.78 is 6.05. The topological polar surface area (TPSA) is 24.9 Å². The standard InChI is InChI=1S/C15H20N2S2/c1-10-6-5-8-12(11(10)2)17-19-15-16-13-7-3-4-9-14(13)18-15/h3-4,7,9-12,17H,5-6,8H2,1-2H3. The zero-order valence-corrected chi connectivity index (χ0v) is 13.1. The zero-order chi connectivity index (χ0) is 13.2. The summed E-state index contributed by atoms with van der Waals surface area (Å²) >= 11 is 3.49. The van der Waals surface area contributed by atoms with Gasteiger partial charge in [0.2, 0.25) is 0 Å². The van der Waals surface area contributed by atoms with Crippen LogP contribution in [0.15, 0.2) is 28.6 Å². The highest BCUT2D eigenvalue weighted by Crippen LogP contribution is 2.33. The minimum Gasteiger partial charge on any atom is -0.255 e. The number of hydrogen-bond donors (Lipinski definition) is 1.